The van der Waals surface area contributed by atoms with Crippen molar-refractivity contribution < 1.29 is 9.59 Å². The topological polar surface area (TPSA) is 85.0 Å². The Bertz CT molecular complexity index is 931. The van der Waals surface area contributed by atoms with E-state index in [9.17, 15) is 9.59 Å². The molecule has 2 aliphatic carbocycles. The van der Waals surface area contributed by atoms with E-state index in [1.54, 1.807) is 11.9 Å². The molecule has 154 valence electrons. The van der Waals surface area contributed by atoms with Gasteiger partial charge in [0.25, 0.3) is 11.8 Å². The Balaban J connectivity index is 1.40. The molecule has 5 rings (SSSR count). The van der Waals surface area contributed by atoms with Crippen molar-refractivity contribution in [2.45, 2.75) is 63.3 Å². The molecule has 3 heterocycles. The number of hydrogen-bond acceptors (Lipinski definition) is 4. The van der Waals surface area contributed by atoms with Crippen LogP contribution >= 0.6 is 0 Å². The van der Waals surface area contributed by atoms with E-state index in [-0.39, 0.29) is 11.8 Å². The van der Waals surface area contributed by atoms with Crippen molar-refractivity contribution in [3.63, 3.8) is 0 Å². The van der Waals surface area contributed by atoms with Crippen LogP contribution in [0.2, 0.25) is 0 Å². The van der Waals surface area contributed by atoms with Crippen LogP contribution in [-0.4, -0.2) is 49.4 Å². The van der Waals surface area contributed by atoms with Crippen molar-refractivity contribution >= 4 is 17.6 Å². The van der Waals surface area contributed by atoms with Crippen LogP contribution in [-0.2, 0) is 7.05 Å². The molecule has 1 aliphatic heterocycles. The average molecular weight is 396 g/mol. The van der Waals surface area contributed by atoms with Gasteiger partial charge in [0.1, 0.15) is 5.69 Å². The fraction of sp³-hybridized carbons (Fsp3) is 0.619. The van der Waals surface area contributed by atoms with Gasteiger partial charge < -0.3 is 10.2 Å². The largest absolute Gasteiger partial charge is 0.338 e. The molecule has 0 unspecified atom stereocenters. The zero-order valence-corrected chi connectivity index (χ0v) is 16.9. The molecule has 29 heavy (non-hydrogen) atoms. The fourth-order valence-electron chi connectivity index (χ4n) is 4.65. The summed E-state index contributed by atoms with van der Waals surface area (Å²) in [6.07, 6.45) is 11.0. The van der Waals surface area contributed by atoms with Crippen LogP contribution < -0.4 is 5.32 Å². The number of hydrogen-bond donors (Lipinski definition) is 1. The van der Waals surface area contributed by atoms with Crippen LogP contribution in [0.5, 0.6) is 0 Å². The van der Waals surface area contributed by atoms with Crippen molar-refractivity contribution in [3.05, 3.63) is 29.2 Å². The zero-order valence-electron chi connectivity index (χ0n) is 16.9. The van der Waals surface area contributed by atoms with Crippen LogP contribution in [0.1, 0.15) is 89.9 Å². The quantitative estimate of drug-likeness (QED) is 0.842. The highest BCUT2D eigenvalue weighted by Crippen LogP contribution is 2.40. The highest BCUT2D eigenvalue weighted by molar-refractivity contribution is 6.10. The number of nitrogens with one attached hydrogen (secondary N) is 1. The lowest BCUT2D eigenvalue weighted by Gasteiger charge is -2.30. The Labute approximate surface area is 170 Å². The molecule has 2 aromatic rings. The minimum atomic E-state index is -0.329. The SMILES string of the molecule is Cn1ncc(C(=O)N2CCC2)c1C(=O)Nc1cc(C2CCC2)n(C2CCCC2)n1. The maximum atomic E-state index is 13.1. The number of rotatable bonds is 5. The Morgan fingerprint density at radius 2 is 1.83 bits per heavy atom. The summed E-state index contributed by atoms with van der Waals surface area (Å²) in [5, 5.41) is 11.9. The zero-order chi connectivity index (χ0) is 20.0. The Morgan fingerprint density at radius 3 is 2.45 bits per heavy atom. The number of aromatic nitrogens is 4. The maximum absolute atomic E-state index is 13.1. The van der Waals surface area contributed by atoms with E-state index in [4.69, 9.17) is 5.10 Å². The van der Waals surface area contributed by atoms with Gasteiger partial charge in [0.15, 0.2) is 5.82 Å². The summed E-state index contributed by atoms with van der Waals surface area (Å²) in [6, 6.07) is 2.48. The van der Waals surface area contributed by atoms with Crippen LogP contribution in [0.15, 0.2) is 12.3 Å². The summed E-state index contributed by atoms with van der Waals surface area (Å²) in [4.78, 5) is 27.5. The Hall–Kier alpha value is -2.64. The molecule has 1 saturated heterocycles. The average Bonchev–Trinajstić information content (AvgIpc) is 3.31. The lowest BCUT2D eigenvalue weighted by Crippen LogP contribution is -2.42. The molecule has 1 N–H and O–H groups in total. The lowest BCUT2D eigenvalue weighted by atomic mass is 9.82. The van der Waals surface area contributed by atoms with Gasteiger partial charge in [-0.3, -0.25) is 19.0 Å². The minimum absolute atomic E-state index is 0.124. The smallest absolute Gasteiger partial charge is 0.275 e. The van der Waals surface area contributed by atoms with Crippen molar-refractivity contribution in [2.75, 3.05) is 18.4 Å². The lowest BCUT2D eigenvalue weighted by molar-refractivity contribution is 0.0648. The first-order valence-electron chi connectivity index (χ1n) is 10.8. The number of carbonyl (C=O) groups excluding carboxylic acids is 2. The molecule has 0 atom stereocenters. The third-order valence-corrected chi connectivity index (χ3v) is 6.73. The first-order chi connectivity index (χ1) is 14.1. The second kappa shape index (κ2) is 7.31. The van der Waals surface area contributed by atoms with E-state index in [0.29, 0.717) is 29.0 Å². The summed E-state index contributed by atoms with van der Waals surface area (Å²) >= 11 is 0. The van der Waals surface area contributed by atoms with Crippen LogP contribution in [0.4, 0.5) is 5.82 Å². The molecule has 0 aromatic carbocycles. The van der Waals surface area contributed by atoms with Crippen molar-refractivity contribution in [2.24, 2.45) is 7.05 Å². The number of nitrogens with zero attached hydrogens (tertiary/aromatic N) is 5. The minimum Gasteiger partial charge on any atom is -0.338 e. The molecule has 3 fully saturated rings. The summed E-state index contributed by atoms with van der Waals surface area (Å²) in [5.41, 5.74) is 1.90. The van der Waals surface area contributed by atoms with Crippen LogP contribution in [0.25, 0.3) is 0 Å². The van der Waals surface area contributed by atoms with Crippen molar-refractivity contribution in [1.82, 2.24) is 24.5 Å². The Morgan fingerprint density at radius 1 is 1.07 bits per heavy atom. The molecule has 8 heteroatoms. The molecule has 0 bridgehead atoms. The molecule has 0 spiro atoms. The molecule has 2 aromatic heterocycles. The molecule has 2 amide bonds. The van der Waals surface area contributed by atoms with Gasteiger partial charge >= 0.3 is 0 Å². The number of carbonyl (C=O) groups is 2. The molecular weight excluding hydrogens is 368 g/mol. The fourth-order valence-corrected chi connectivity index (χ4v) is 4.65. The van der Waals surface area contributed by atoms with Crippen molar-refractivity contribution in [1.29, 1.82) is 0 Å². The first-order valence-corrected chi connectivity index (χ1v) is 10.8. The highest BCUT2D eigenvalue weighted by atomic mass is 16.2. The first kappa shape index (κ1) is 18.4. The second-order valence-corrected chi connectivity index (χ2v) is 8.60. The molecule has 8 nitrogen and oxygen atoms in total. The summed E-state index contributed by atoms with van der Waals surface area (Å²) in [7, 11) is 1.69. The number of likely N-dealkylation sites (tertiary alicyclic amines) is 1. The maximum Gasteiger partial charge on any atom is 0.275 e. The van der Waals surface area contributed by atoms with E-state index in [1.807, 2.05) is 6.07 Å². The van der Waals surface area contributed by atoms with E-state index >= 15 is 0 Å². The third kappa shape index (κ3) is 3.24. The summed E-state index contributed by atoms with van der Waals surface area (Å²) in [6.45, 7) is 1.48. The van der Waals surface area contributed by atoms with E-state index in [1.165, 1.54) is 48.7 Å². The van der Waals surface area contributed by atoms with Gasteiger partial charge in [-0.25, -0.2) is 0 Å². The van der Waals surface area contributed by atoms with E-state index < -0.39 is 0 Å². The van der Waals surface area contributed by atoms with Crippen molar-refractivity contribution in [3.8, 4) is 0 Å². The normalized spacial score (nSPS) is 19.8. The second-order valence-electron chi connectivity index (χ2n) is 8.60. The van der Waals surface area contributed by atoms with Gasteiger partial charge in [-0.05, 0) is 32.1 Å². The molecular formula is C21H28N6O2. The van der Waals surface area contributed by atoms with Gasteiger partial charge in [-0.2, -0.15) is 10.2 Å². The van der Waals surface area contributed by atoms with Crippen LogP contribution in [0.3, 0.4) is 0 Å². The third-order valence-electron chi connectivity index (χ3n) is 6.73. The monoisotopic (exact) mass is 396 g/mol. The van der Waals surface area contributed by atoms with Gasteiger partial charge in [0.05, 0.1) is 17.8 Å². The summed E-state index contributed by atoms with van der Waals surface area (Å²) in [5.74, 6) is 0.674. The molecule has 0 radical (unpaired) electrons. The number of amides is 2. The molecule has 2 saturated carbocycles. The van der Waals surface area contributed by atoms with Gasteiger partial charge in [0.2, 0.25) is 0 Å². The van der Waals surface area contributed by atoms with Gasteiger partial charge in [-0.1, -0.05) is 19.3 Å². The number of aryl methyl sites for hydroxylation is 1. The van der Waals surface area contributed by atoms with E-state index in [0.717, 1.165) is 32.4 Å². The Kier molecular flexibility index (Phi) is 4.64. The van der Waals surface area contributed by atoms with Gasteiger partial charge in [0, 0.05) is 37.8 Å². The summed E-state index contributed by atoms with van der Waals surface area (Å²) < 4.78 is 3.64. The van der Waals surface area contributed by atoms with E-state index in [2.05, 4.69) is 15.1 Å². The number of anilines is 1. The highest BCUT2D eigenvalue weighted by Gasteiger charge is 2.31. The predicted molar refractivity (Wildman–Crippen MR) is 108 cm³/mol. The molecule has 3 aliphatic rings. The predicted octanol–water partition coefficient (Wildman–Crippen LogP) is 3.10. The van der Waals surface area contributed by atoms with Crippen LogP contribution in [0, 0.1) is 0 Å². The van der Waals surface area contributed by atoms with Gasteiger partial charge in [-0.15, -0.1) is 0 Å². The standard InChI is InChI=1S/C21H28N6O2/c1-25-19(16(13-22-25)21(29)26-10-5-11-26)20(28)23-18-12-17(14-6-4-7-14)27(24-18)15-8-2-3-9-15/h12-15H,2-11H2,1H3,(H,23,24,28).